The maximum Gasteiger partial charge on any atom is 0.195 e. The number of methoxy groups -OCH3 is 1. The zero-order valence-corrected chi connectivity index (χ0v) is 16.7. The van der Waals surface area contributed by atoms with Crippen molar-refractivity contribution in [2.45, 2.75) is 19.8 Å². The maximum absolute atomic E-state index is 5.56. The molecule has 3 aromatic rings. The molecule has 6 nitrogen and oxygen atoms in total. The number of hydrogen-bond acceptors (Lipinski definition) is 3. The quantitative estimate of drug-likeness (QED) is 0.311. The van der Waals surface area contributed by atoms with Crippen LogP contribution in [0.1, 0.15) is 18.9 Å². The summed E-state index contributed by atoms with van der Waals surface area (Å²) in [4.78, 5) is 7.63. The highest BCUT2D eigenvalue weighted by Gasteiger charge is 2.07. The molecule has 0 aliphatic carbocycles. The molecule has 1 heterocycles. The van der Waals surface area contributed by atoms with Crippen LogP contribution in [0.25, 0.3) is 10.9 Å². The molecule has 0 saturated heterocycles. The third kappa shape index (κ3) is 4.76. The second-order valence-electron chi connectivity index (χ2n) is 6.39. The van der Waals surface area contributed by atoms with Crippen LogP contribution < -0.4 is 20.1 Å². The number of rotatable bonds is 8. The Balaban J connectivity index is 1.52. The van der Waals surface area contributed by atoms with Gasteiger partial charge >= 0.3 is 0 Å². The van der Waals surface area contributed by atoms with Crippen molar-refractivity contribution >= 4 is 22.5 Å². The van der Waals surface area contributed by atoms with E-state index in [1.165, 1.54) is 16.5 Å². The third-order valence-corrected chi connectivity index (χ3v) is 4.54. The SMILES string of the molecule is CCOc1ccc(NC(=NC)NCCCc2c[nH]c3ccccc23)cc1OC. The Hall–Kier alpha value is -3.15. The average molecular weight is 380 g/mol. The van der Waals surface area contributed by atoms with Gasteiger partial charge in [0.05, 0.1) is 13.7 Å². The van der Waals surface area contributed by atoms with E-state index < -0.39 is 0 Å². The van der Waals surface area contributed by atoms with Crippen LogP contribution >= 0.6 is 0 Å². The van der Waals surface area contributed by atoms with Crippen LogP contribution in [0.15, 0.2) is 53.7 Å². The van der Waals surface area contributed by atoms with Gasteiger partial charge in [-0.3, -0.25) is 4.99 Å². The molecule has 3 N–H and O–H groups in total. The number of benzene rings is 2. The number of anilines is 1. The van der Waals surface area contributed by atoms with E-state index in [9.17, 15) is 0 Å². The Kier molecular flexibility index (Phi) is 6.78. The molecule has 0 radical (unpaired) electrons. The number of H-pyrrole nitrogens is 1. The number of ether oxygens (including phenoxy) is 2. The molecule has 28 heavy (non-hydrogen) atoms. The highest BCUT2D eigenvalue weighted by Crippen LogP contribution is 2.30. The lowest BCUT2D eigenvalue weighted by molar-refractivity contribution is 0.311. The van der Waals surface area contributed by atoms with Crippen LogP contribution in [0, 0.1) is 0 Å². The summed E-state index contributed by atoms with van der Waals surface area (Å²) in [6.45, 7) is 3.38. The molecule has 0 unspecified atom stereocenters. The highest BCUT2D eigenvalue weighted by molar-refractivity contribution is 5.93. The molecule has 0 aliphatic heterocycles. The summed E-state index contributed by atoms with van der Waals surface area (Å²) >= 11 is 0. The normalized spacial score (nSPS) is 11.5. The van der Waals surface area contributed by atoms with Crippen molar-refractivity contribution < 1.29 is 9.47 Å². The molecule has 148 valence electrons. The second kappa shape index (κ2) is 9.69. The predicted octanol–water partition coefficient (Wildman–Crippen LogP) is 4.20. The Labute approximate surface area is 166 Å². The number of para-hydroxylation sites is 1. The molecule has 0 amide bonds. The minimum absolute atomic E-state index is 0.600. The summed E-state index contributed by atoms with van der Waals surface area (Å²) in [5.74, 6) is 2.16. The first-order valence-corrected chi connectivity index (χ1v) is 9.58. The van der Waals surface area contributed by atoms with Gasteiger partial charge in [-0.2, -0.15) is 0 Å². The number of aliphatic imine (C=N–C) groups is 1. The van der Waals surface area contributed by atoms with Gasteiger partial charge in [-0.05, 0) is 43.5 Å². The Morgan fingerprint density at radius 1 is 1.14 bits per heavy atom. The van der Waals surface area contributed by atoms with Gasteiger partial charge < -0.3 is 25.1 Å². The first-order valence-electron chi connectivity index (χ1n) is 9.58. The van der Waals surface area contributed by atoms with Gasteiger partial charge in [0.25, 0.3) is 0 Å². The first-order chi connectivity index (χ1) is 13.7. The van der Waals surface area contributed by atoms with E-state index in [2.05, 4.69) is 51.1 Å². The zero-order chi connectivity index (χ0) is 19.8. The zero-order valence-electron chi connectivity index (χ0n) is 16.7. The number of fused-ring (bicyclic) bond motifs is 1. The summed E-state index contributed by atoms with van der Waals surface area (Å²) in [5, 5.41) is 7.95. The maximum atomic E-state index is 5.56. The topological polar surface area (TPSA) is 70.7 Å². The fourth-order valence-corrected chi connectivity index (χ4v) is 3.16. The molecule has 1 aromatic heterocycles. The van der Waals surface area contributed by atoms with Crippen LogP contribution in [0.2, 0.25) is 0 Å². The van der Waals surface area contributed by atoms with E-state index in [0.717, 1.165) is 36.8 Å². The highest BCUT2D eigenvalue weighted by atomic mass is 16.5. The van der Waals surface area contributed by atoms with Crippen molar-refractivity contribution in [3.63, 3.8) is 0 Å². The number of nitrogens with zero attached hydrogens (tertiary/aromatic N) is 1. The molecule has 3 rings (SSSR count). The van der Waals surface area contributed by atoms with Gasteiger partial charge in [-0.15, -0.1) is 0 Å². The third-order valence-electron chi connectivity index (χ3n) is 4.54. The van der Waals surface area contributed by atoms with Crippen LogP contribution in [0.4, 0.5) is 5.69 Å². The van der Waals surface area contributed by atoms with Crippen LogP contribution in [0.3, 0.4) is 0 Å². The monoisotopic (exact) mass is 380 g/mol. The van der Waals surface area contributed by atoms with E-state index in [-0.39, 0.29) is 0 Å². The van der Waals surface area contributed by atoms with E-state index in [1.54, 1.807) is 14.2 Å². The summed E-state index contributed by atoms with van der Waals surface area (Å²) in [7, 11) is 3.40. The van der Waals surface area contributed by atoms with Crippen LogP contribution in [-0.4, -0.2) is 38.3 Å². The minimum Gasteiger partial charge on any atom is -0.493 e. The van der Waals surface area contributed by atoms with Gasteiger partial charge in [-0.1, -0.05) is 18.2 Å². The summed E-state index contributed by atoms with van der Waals surface area (Å²) in [6, 6.07) is 14.2. The first kappa shape index (κ1) is 19.6. The van der Waals surface area contributed by atoms with E-state index in [0.29, 0.717) is 12.4 Å². The average Bonchev–Trinajstić information content (AvgIpc) is 3.14. The van der Waals surface area contributed by atoms with Crippen molar-refractivity contribution in [1.82, 2.24) is 10.3 Å². The number of aromatic amines is 1. The fourth-order valence-electron chi connectivity index (χ4n) is 3.16. The molecule has 6 heteroatoms. The molecule has 0 fully saturated rings. The minimum atomic E-state index is 0.600. The summed E-state index contributed by atoms with van der Waals surface area (Å²) < 4.78 is 11.0. The molecule has 0 saturated carbocycles. The lowest BCUT2D eigenvalue weighted by atomic mass is 10.1. The van der Waals surface area contributed by atoms with Crippen LogP contribution in [-0.2, 0) is 6.42 Å². The van der Waals surface area contributed by atoms with Crippen molar-refractivity contribution in [1.29, 1.82) is 0 Å². The van der Waals surface area contributed by atoms with Crippen molar-refractivity contribution in [3.8, 4) is 11.5 Å². The molecule has 2 aromatic carbocycles. The number of nitrogens with one attached hydrogen (secondary N) is 3. The van der Waals surface area contributed by atoms with Crippen molar-refractivity contribution in [3.05, 3.63) is 54.2 Å². The Bertz CT molecular complexity index is 933. The number of aryl methyl sites for hydroxylation is 1. The fraction of sp³-hybridized carbons (Fsp3) is 0.318. The summed E-state index contributed by atoms with van der Waals surface area (Å²) in [5.41, 5.74) is 3.43. The van der Waals surface area contributed by atoms with E-state index in [4.69, 9.17) is 9.47 Å². The van der Waals surface area contributed by atoms with E-state index >= 15 is 0 Å². The standard InChI is InChI=1S/C22H28N4O2/c1-4-28-20-12-11-17(14-21(20)27-3)26-22(23-2)24-13-7-8-16-15-25-19-10-6-5-9-18(16)19/h5-6,9-12,14-15,25H,4,7-8,13H2,1-3H3,(H2,23,24,26). The van der Waals surface area contributed by atoms with Crippen molar-refractivity contribution in [2.24, 2.45) is 4.99 Å². The smallest absolute Gasteiger partial charge is 0.195 e. The molecular weight excluding hydrogens is 352 g/mol. The number of aromatic nitrogens is 1. The van der Waals surface area contributed by atoms with E-state index in [1.807, 2.05) is 25.1 Å². The van der Waals surface area contributed by atoms with Gasteiger partial charge in [0, 0.05) is 42.4 Å². The number of guanidine groups is 1. The van der Waals surface area contributed by atoms with Gasteiger partial charge in [0.2, 0.25) is 0 Å². The van der Waals surface area contributed by atoms with Gasteiger partial charge in [0.15, 0.2) is 17.5 Å². The lowest BCUT2D eigenvalue weighted by Gasteiger charge is -2.14. The number of hydrogen-bond donors (Lipinski definition) is 3. The Morgan fingerprint density at radius 2 is 2.00 bits per heavy atom. The van der Waals surface area contributed by atoms with Crippen molar-refractivity contribution in [2.75, 3.05) is 32.6 Å². The molecule has 0 aliphatic rings. The predicted molar refractivity (Wildman–Crippen MR) is 116 cm³/mol. The lowest BCUT2D eigenvalue weighted by Crippen LogP contribution is -2.31. The second-order valence-corrected chi connectivity index (χ2v) is 6.39. The molecular formula is C22H28N4O2. The molecule has 0 atom stereocenters. The largest absolute Gasteiger partial charge is 0.493 e. The summed E-state index contributed by atoms with van der Waals surface area (Å²) in [6.07, 6.45) is 4.12. The van der Waals surface area contributed by atoms with Crippen LogP contribution in [0.5, 0.6) is 11.5 Å². The molecule has 0 bridgehead atoms. The Morgan fingerprint density at radius 3 is 2.79 bits per heavy atom. The van der Waals surface area contributed by atoms with Gasteiger partial charge in [0.1, 0.15) is 0 Å². The van der Waals surface area contributed by atoms with Gasteiger partial charge in [-0.25, -0.2) is 0 Å². The molecule has 0 spiro atoms.